The maximum atomic E-state index is 11.2. The summed E-state index contributed by atoms with van der Waals surface area (Å²) in [4.78, 5) is 11.2. The molecule has 0 rings (SSSR count). The molecule has 0 spiro atoms. The van der Waals surface area contributed by atoms with Gasteiger partial charge < -0.3 is 0 Å². The zero-order chi connectivity index (χ0) is 8.31. The minimum Gasteiger partial charge on any atom is -0.276 e. The Hall–Kier alpha value is -0.0500. The van der Waals surface area contributed by atoms with E-state index in [4.69, 9.17) is 0 Å². The summed E-state index contributed by atoms with van der Waals surface area (Å²) in [7, 11) is 0. The van der Waals surface area contributed by atoms with Gasteiger partial charge >= 0.3 is 0 Å². The van der Waals surface area contributed by atoms with Crippen molar-refractivity contribution in [3.05, 3.63) is 0 Å². The highest BCUT2D eigenvalue weighted by molar-refractivity contribution is 9.07. The quantitative estimate of drug-likeness (QED) is 0.637. The van der Waals surface area contributed by atoms with Crippen molar-refractivity contribution in [1.82, 2.24) is 3.93 Å². The molecule has 3 heteroatoms. The third-order valence-electron chi connectivity index (χ3n) is 1.16. The summed E-state index contributed by atoms with van der Waals surface area (Å²) >= 11 is 3.19. The van der Waals surface area contributed by atoms with Gasteiger partial charge in [-0.3, -0.25) is 8.72 Å². The minimum atomic E-state index is 0.0711. The van der Waals surface area contributed by atoms with Crippen LogP contribution in [0.4, 0.5) is 0 Å². The zero-order valence-electron chi connectivity index (χ0n) is 6.89. The Morgan fingerprint density at radius 1 is 1.30 bits per heavy atom. The summed E-state index contributed by atoms with van der Waals surface area (Å²) in [5.74, 6) is 0.205. The van der Waals surface area contributed by atoms with Crippen LogP contribution in [0.1, 0.15) is 27.7 Å². The van der Waals surface area contributed by atoms with E-state index in [1.165, 1.54) is 0 Å². The van der Waals surface area contributed by atoms with Gasteiger partial charge in [-0.15, -0.1) is 0 Å². The highest BCUT2D eigenvalue weighted by Crippen LogP contribution is 2.10. The normalized spacial score (nSPS) is 10.7. The number of carbonyl (C=O) groups is 1. The molecule has 0 aliphatic rings. The Bertz CT molecular complexity index is 123. The highest BCUT2D eigenvalue weighted by atomic mass is 79.9. The number of amides is 1. The lowest BCUT2D eigenvalue weighted by molar-refractivity contribution is -0.129. The molecule has 1 amide bonds. The molecule has 0 saturated heterocycles. The molecule has 0 aliphatic carbocycles. The number of hydrogen-bond acceptors (Lipinski definition) is 1. The first-order valence-corrected chi connectivity index (χ1v) is 4.16. The summed E-state index contributed by atoms with van der Waals surface area (Å²) in [5, 5.41) is 0. The average molecular weight is 208 g/mol. The van der Waals surface area contributed by atoms with Crippen LogP contribution in [0.5, 0.6) is 0 Å². The first kappa shape index (κ1) is 9.95. The third kappa shape index (κ3) is 2.69. The number of carbonyl (C=O) groups excluding carboxylic acids is 1. The second-order valence-corrected chi connectivity index (χ2v) is 3.66. The first-order valence-electron chi connectivity index (χ1n) is 3.45. The highest BCUT2D eigenvalue weighted by Gasteiger charge is 2.16. The molecule has 0 aliphatic heterocycles. The molecule has 2 nitrogen and oxygen atoms in total. The van der Waals surface area contributed by atoms with E-state index in [1.54, 1.807) is 3.93 Å². The summed E-state index contributed by atoms with van der Waals surface area (Å²) in [5.41, 5.74) is 0. The van der Waals surface area contributed by atoms with Gasteiger partial charge in [0.15, 0.2) is 0 Å². The Balaban J connectivity index is 3.95. The second-order valence-electron chi connectivity index (χ2n) is 2.90. The van der Waals surface area contributed by atoms with Gasteiger partial charge in [0.05, 0.1) is 16.1 Å². The largest absolute Gasteiger partial charge is 0.276 e. The maximum absolute atomic E-state index is 11.2. The smallest absolute Gasteiger partial charge is 0.235 e. The Morgan fingerprint density at radius 2 is 1.70 bits per heavy atom. The maximum Gasteiger partial charge on any atom is 0.235 e. The van der Waals surface area contributed by atoms with Gasteiger partial charge in [-0.25, -0.2) is 0 Å². The molecule has 0 aromatic heterocycles. The van der Waals surface area contributed by atoms with E-state index in [1.807, 2.05) is 27.7 Å². The molecule has 0 atom stereocenters. The fourth-order valence-corrected chi connectivity index (χ4v) is 0.911. The van der Waals surface area contributed by atoms with Crippen LogP contribution in [0.2, 0.25) is 0 Å². The predicted octanol–water partition coefficient (Wildman–Crippen LogP) is 2.19. The third-order valence-corrected chi connectivity index (χ3v) is 2.33. The van der Waals surface area contributed by atoms with E-state index in [0.29, 0.717) is 0 Å². The molecule has 60 valence electrons. The van der Waals surface area contributed by atoms with Crippen molar-refractivity contribution in [3.63, 3.8) is 0 Å². The predicted molar refractivity (Wildman–Crippen MR) is 45.7 cm³/mol. The second kappa shape index (κ2) is 3.96. The standard InChI is InChI=1S/C7H14BrNO/c1-5(2)7(10)9(8)6(3)4/h5-6H,1-4H3. The molecule has 10 heavy (non-hydrogen) atoms. The topological polar surface area (TPSA) is 20.3 Å². The van der Waals surface area contributed by atoms with Gasteiger partial charge in [0.2, 0.25) is 5.91 Å². The molecule has 0 heterocycles. The van der Waals surface area contributed by atoms with Crippen LogP contribution >= 0.6 is 16.1 Å². The number of rotatable bonds is 2. The Kier molecular flexibility index (Phi) is 3.94. The van der Waals surface area contributed by atoms with Crippen molar-refractivity contribution in [2.75, 3.05) is 0 Å². The molecule has 0 fully saturated rings. The van der Waals surface area contributed by atoms with Crippen LogP contribution in [0.25, 0.3) is 0 Å². The molecule has 0 aromatic carbocycles. The van der Waals surface area contributed by atoms with Crippen LogP contribution in [-0.4, -0.2) is 15.9 Å². The lowest BCUT2D eigenvalue weighted by Crippen LogP contribution is -2.30. The zero-order valence-corrected chi connectivity index (χ0v) is 8.47. The average Bonchev–Trinajstić information content (AvgIpc) is 1.84. The van der Waals surface area contributed by atoms with Gasteiger partial charge in [0.1, 0.15) is 0 Å². The Morgan fingerprint density at radius 3 is 1.80 bits per heavy atom. The van der Waals surface area contributed by atoms with E-state index in [9.17, 15) is 4.79 Å². The van der Waals surface area contributed by atoms with Gasteiger partial charge in [0, 0.05) is 12.0 Å². The lowest BCUT2D eigenvalue weighted by atomic mass is 10.2. The molecule has 0 saturated carbocycles. The van der Waals surface area contributed by atoms with Gasteiger partial charge in [0.25, 0.3) is 0 Å². The molecular weight excluding hydrogens is 194 g/mol. The van der Waals surface area contributed by atoms with Crippen LogP contribution in [-0.2, 0) is 4.79 Å². The van der Waals surface area contributed by atoms with E-state index < -0.39 is 0 Å². The number of nitrogens with zero attached hydrogens (tertiary/aromatic N) is 1. The molecule has 0 radical (unpaired) electrons. The molecular formula is C7H14BrNO. The summed E-state index contributed by atoms with van der Waals surface area (Å²) in [6.45, 7) is 7.71. The van der Waals surface area contributed by atoms with Crippen molar-refractivity contribution < 1.29 is 4.79 Å². The molecule has 0 aromatic rings. The van der Waals surface area contributed by atoms with Crippen molar-refractivity contribution in [3.8, 4) is 0 Å². The lowest BCUT2D eigenvalue weighted by Gasteiger charge is -2.20. The van der Waals surface area contributed by atoms with Crippen molar-refractivity contribution in [2.45, 2.75) is 33.7 Å². The SMILES string of the molecule is CC(C)C(=O)N(Br)C(C)C. The molecule has 0 bridgehead atoms. The minimum absolute atomic E-state index is 0.0711. The van der Waals surface area contributed by atoms with Gasteiger partial charge in [-0.05, 0) is 13.8 Å². The van der Waals surface area contributed by atoms with E-state index in [2.05, 4.69) is 16.1 Å². The van der Waals surface area contributed by atoms with Crippen LogP contribution in [0.3, 0.4) is 0 Å². The van der Waals surface area contributed by atoms with E-state index >= 15 is 0 Å². The van der Waals surface area contributed by atoms with Gasteiger partial charge in [-0.2, -0.15) is 0 Å². The van der Waals surface area contributed by atoms with Crippen molar-refractivity contribution in [1.29, 1.82) is 0 Å². The summed E-state index contributed by atoms with van der Waals surface area (Å²) in [6, 6.07) is 0.231. The van der Waals surface area contributed by atoms with Crippen LogP contribution in [0.15, 0.2) is 0 Å². The first-order chi connectivity index (χ1) is 4.46. The molecule has 0 unspecified atom stereocenters. The van der Waals surface area contributed by atoms with E-state index in [-0.39, 0.29) is 17.9 Å². The fraction of sp³-hybridized carbons (Fsp3) is 0.857. The van der Waals surface area contributed by atoms with Crippen LogP contribution < -0.4 is 0 Å². The summed E-state index contributed by atoms with van der Waals surface area (Å²) < 4.78 is 1.58. The summed E-state index contributed by atoms with van der Waals surface area (Å²) in [6.07, 6.45) is 0. The van der Waals surface area contributed by atoms with E-state index in [0.717, 1.165) is 0 Å². The van der Waals surface area contributed by atoms with Crippen LogP contribution in [0, 0.1) is 5.92 Å². The Labute approximate surface area is 70.9 Å². The van der Waals surface area contributed by atoms with Crippen molar-refractivity contribution >= 4 is 22.1 Å². The molecule has 0 N–H and O–H groups in total. The number of hydrogen-bond donors (Lipinski definition) is 0. The van der Waals surface area contributed by atoms with Crippen molar-refractivity contribution in [2.24, 2.45) is 5.92 Å². The fourth-order valence-electron chi connectivity index (χ4n) is 0.501. The monoisotopic (exact) mass is 207 g/mol. The number of halogens is 1. The van der Waals surface area contributed by atoms with Gasteiger partial charge in [-0.1, -0.05) is 13.8 Å².